The lowest BCUT2D eigenvalue weighted by atomic mass is 9.94. The van der Waals surface area contributed by atoms with Crippen molar-refractivity contribution in [2.24, 2.45) is 0 Å². The molecule has 0 fully saturated rings. The second kappa shape index (κ2) is 9.72. The molecule has 32 heavy (non-hydrogen) atoms. The topological polar surface area (TPSA) is 97.0 Å². The number of amides is 3. The van der Waals surface area contributed by atoms with Gasteiger partial charge in [0.05, 0.1) is 20.2 Å². The number of carbonyl (C=O) groups is 3. The van der Waals surface area contributed by atoms with Gasteiger partial charge in [-0.05, 0) is 56.2 Å². The van der Waals surface area contributed by atoms with Crippen molar-refractivity contribution < 1.29 is 23.9 Å². The van der Waals surface area contributed by atoms with Crippen molar-refractivity contribution in [3.8, 4) is 5.75 Å². The molecule has 170 valence electrons. The molecule has 0 bridgehead atoms. The van der Waals surface area contributed by atoms with Crippen LogP contribution in [0.25, 0.3) is 0 Å². The van der Waals surface area contributed by atoms with E-state index >= 15 is 0 Å². The third-order valence-electron chi connectivity index (χ3n) is 4.98. The molecule has 1 unspecified atom stereocenters. The highest BCUT2D eigenvalue weighted by Crippen LogP contribution is 2.25. The van der Waals surface area contributed by atoms with Crippen LogP contribution in [-0.2, 0) is 27.3 Å². The summed E-state index contributed by atoms with van der Waals surface area (Å²) in [5, 5.41) is 5.37. The van der Waals surface area contributed by atoms with Crippen molar-refractivity contribution in [2.45, 2.75) is 45.4 Å². The Morgan fingerprint density at radius 2 is 1.69 bits per heavy atom. The van der Waals surface area contributed by atoms with Gasteiger partial charge in [-0.3, -0.25) is 14.5 Å². The highest BCUT2D eigenvalue weighted by molar-refractivity contribution is 5.96. The smallest absolute Gasteiger partial charge is 0.411 e. The number of benzene rings is 2. The molecule has 1 heterocycles. The molecule has 0 aliphatic carbocycles. The zero-order valence-electron chi connectivity index (χ0n) is 18.8. The van der Waals surface area contributed by atoms with Gasteiger partial charge in [-0.2, -0.15) is 0 Å². The highest BCUT2D eigenvalue weighted by Gasteiger charge is 2.37. The van der Waals surface area contributed by atoms with Crippen LogP contribution in [-0.4, -0.2) is 48.1 Å². The van der Waals surface area contributed by atoms with E-state index in [1.54, 1.807) is 52.1 Å². The Hall–Kier alpha value is -3.55. The van der Waals surface area contributed by atoms with Gasteiger partial charge in [-0.25, -0.2) is 4.79 Å². The minimum Gasteiger partial charge on any atom is -0.497 e. The van der Waals surface area contributed by atoms with Crippen molar-refractivity contribution in [2.75, 3.05) is 19.0 Å². The van der Waals surface area contributed by atoms with Crippen molar-refractivity contribution in [3.63, 3.8) is 0 Å². The number of carbonyl (C=O) groups excluding carboxylic acids is 3. The Bertz CT molecular complexity index is 982. The molecular formula is C24H29N3O5. The largest absolute Gasteiger partial charge is 0.497 e. The Balaban J connectivity index is 1.66. The van der Waals surface area contributed by atoms with Gasteiger partial charge in [0, 0.05) is 12.1 Å². The number of anilines is 1. The van der Waals surface area contributed by atoms with Gasteiger partial charge in [0.1, 0.15) is 17.4 Å². The first-order valence-electron chi connectivity index (χ1n) is 10.4. The molecule has 2 aromatic carbocycles. The molecule has 3 amide bonds. The second-order valence-corrected chi connectivity index (χ2v) is 8.59. The maximum Gasteiger partial charge on any atom is 0.411 e. The summed E-state index contributed by atoms with van der Waals surface area (Å²) in [4.78, 5) is 39.5. The van der Waals surface area contributed by atoms with Crippen LogP contribution in [0.15, 0.2) is 48.5 Å². The third kappa shape index (κ3) is 6.00. The lowest BCUT2D eigenvalue weighted by Gasteiger charge is -2.36. The average Bonchev–Trinajstić information content (AvgIpc) is 2.76. The SMILES string of the molecule is COc1ccc(NC(=O)CNC(=O)C2Cc3ccccc3CN2C(=O)OC(C)(C)C)cc1. The van der Waals surface area contributed by atoms with Gasteiger partial charge in [-0.1, -0.05) is 24.3 Å². The third-order valence-corrected chi connectivity index (χ3v) is 4.98. The molecule has 2 aromatic rings. The van der Waals surface area contributed by atoms with E-state index in [9.17, 15) is 14.4 Å². The van der Waals surface area contributed by atoms with Crippen LogP contribution in [0.1, 0.15) is 31.9 Å². The van der Waals surface area contributed by atoms with Crippen LogP contribution in [0.5, 0.6) is 5.75 Å². The summed E-state index contributed by atoms with van der Waals surface area (Å²) in [6.07, 6.45) is -0.212. The molecule has 8 nitrogen and oxygen atoms in total. The van der Waals surface area contributed by atoms with Gasteiger partial charge in [-0.15, -0.1) is 0 Å². The maximum atomic E-state index is 13.0. The van der Waals surface area contributed by atoms with Crippen LogP contribution in [0.4, 0.5) is 10.5 Å². The Labute approximate surface area is 187 Å². The fourth-order valence-electron chi connectivity index (χ4n) is 3.43. The van der Waals surface area contributed by atoms with E-state index in [0.717, 1.165) is 11.1 Å². The van der Waals surface area contributed by atoms with Crippen LogP contribution in [0, 0.1) is 0 Å². The standard InChI is InChI=1S/C24H29N3O5/c1-24(2,3)32-23(30)27-15-17-8-6-5-7-16(17)13-20(27)22(29)25-14-21(28)26-18-9-11-19(31-4)12-10-18/h5-12,20H,13-15H2,1-4H3,(H,25,29)(H,26,28). The molecule has 0 saturated carbocycles. The van der Waals surface area contributed by atoms with E-state index in [2.05, 4.69) is 10.6 Å². The number of rotatable bonds is 5. The van der Waals surface area contributed by atoms with E-state index in [0.29, 0.717) is 17.9 Å². The molecule has 0 saturated heterocycles. The van der Waals surface area contributed by atoms with Gasteiger partial charge in [0.2, 0.25) is 11.8 Å². The van der Waals surface area contributed by atoms with Crippen molar-refractivity contribution in [1.82, 2.24) is 10.2 Å². The zero-order chi connectivity index (χ0) is 23.3. The van der Waals surface area contributed by atoms with Crippen molar-refractivity contribution in [3.05, 3.63) is 59.7 Å². The average molecular weight is 440 g/mol. The molecule has 3 rings (SSSR count). The molecule has 1 atom stereocenters. The Morgan fingerprint density at radius 3 is 2.31 bits per heavy atom. The number of hydrogen-bond donors (Lipinski definition) is 2. The van der Waals surface area contributed by atoms with Crippen molar-refractivity contribution >= 4 is 23.6 Å². The first kappa shape index (κ1) is 23.1. The number of methoxy groups -OCH3 is 1. The van der Waals surface area contributed by atoms with Crippen molar-refractivity contribution in [1.29, 1.82) is 0 Å². The van der Waals surface area contributed by atoms with Crippen LogP contribution < -0.4 is 15.4 Å². The van der Waals surface area contributed by atoms with E-state index in [-0.39, 0.29) is 19.0 Å². The van der Waals surface area contributed by atoms with E-state index in [1.807, 2.05) is 24.3 Å². The molecular weight excluding hydrogens is 410 g/mol. The second-order valence-electron chi connectivity index (χ2n) is 8.59. The summed E-state index contributed by atoms with van der Waals surface area (Å²) in [6.45, 7) is 5.39. The van der Waals surface area contributed by atoms with Crippen LogP contribution in [0.3, 0.4) is 0 Å². The minimum atomic E-state index is -0.770. The molecule has 0 spiro atoms. The number of hydrogen-bond acceptors (Lipinski definition) is 5. The molecule has 2 N–H and O–H groups in total. The van der Waals surface area contributed by atoms with Gasteiger partial charge in [0.25, 0.3) is 0 Å². The predicted molar refractivity (Wildman–Crippen MR) is 120 cm³/mol. The first-order chi connectivity index (χ1) is 15.2. The molecule has 1 aliphatic heterocycles. The van der Waals surface area contributed by atoms with Gasteiger partial charge in [0.15, 0.2) is 0 Å². The molecule has 0 aromatic heterocycles. The zero-order valence-corrected chi connectivity index (χ0v) is 18.8. The molecule has 0 radical (unpaired) electrons. The molecule has 8 heteroatoms. The summed E-state index contributed by atoms with van der Waals surface area (Å²) in [5.74, 6) is -0.102. The predicted octanol–water partition coefficient (Wildman–Crippen LogP) is 3.11. The van der Waals surface area contributed by atoms with E-state index < -0.39 is 23.6 Å². The summed E-state index contributed by atoms with van der Waals surface area (Å²) >= 11 is 0. The summed E-state index contributed by atoms with van der Waals surface area (Å²) in [6, 6.07) is 13.8. The first-order valence-corrected chi connectivity index (χ1v) is 10.4. The summed E-state index contributed by atoms with van der Waals surface area (Å²) in [7, 11) is 1.56. The maximum absolute atomic E-state index is 13.0. The van der Waals surface area contributed by atoms with Crippen LogP contribution in [0.2, 0.25) is 0 Å². The number of nitrogens with one attached hydrogen (secondary N) is 2. The van der Waals surface area contributed by atoms with Gasteiger partial charge < -0.3 is 20.1 Å². The molecule has 1 aliphatic rings. The van der Waals surface area contributed by atoms with Crippen LogP contribution >= 0.6 is 0 Å². The number of nitrogens with zero attached hydrogens (tertiary/aromatic N) is 1. The quantitative estimate of drug-likeness (QED) is 0.746. The number of fused-ring (bicyclic) bond motifs is 1. The normalized spacial score (nSPS) is 15.4. The Kier molecular flexibility index (Phi) is 7.02. The lowest BCUT2D eigenvalue weighted by Crippen LogP contribution is -2.54. The van der Waals surface area contributed by atoms with Gasteiger partial charge >= 0.3 is 6.09 Å². The minimum absolute atomic E-state index is 0.217. The Morgan fingerprint density at radius 1 is 1.03 bits per heavy atom. The number of ether oxygens (including phenoxy) is 2. The summed E-state index contributed by atoms with van der Waals surface area (Å²) in [5.41, 5.74) is 1.87. The fourth-order valence-corrected chi connectivity index (χ4v) is 3.43. The fraction of sp³-hybridized carbons (Fsp3) is 0.375. The highest BCUT2D eigenvalue weighted by atomic mass is 16.6. The lowest BCUT2D eigenvalue weighted by molar-refractivity contribution is -0.128. The van der Waals surface area contributed by atoms with E-state index in [4.69, 9.17) is 9.47 Å². The monoisotopic (exact) mass is 439 g/mol. The summed E-state index contributed by atoms with van der Waals surface area (Å²) < 4.78 is 10.6. The van der Waals surface area contributed by atoms with E-state index in [1.165, 1.54) is 4.90 Å².